The molecule has 0 aliphatic heterocycles. The fraction of sp³-hybridized carbons (Fsp3) is 0.533. The van der Waals surface area contributed by atoms with Gasteiger partial charge in [0, 0.05) is 6.92 Å². The van der Waals surface area contributed by atoms with E-state index in [2.05, 4.69) is 5.32 Å². The van der Waals surface area contributed by atoms with E-state index >= 15 is 0 Å². The van der Waals surface area contributed by atoms with Gasteiger partial charge in [0.15, 0.2) is 0 Å². The van der Waals surface area contributed by atoms with E-state index in [-0.39, 0.29) is 28.6 Å². The lowest BCUT2D eigenvalue weighted by molar-refractivity contribution is -0.114. The van der Waals surface area contributed by atoms with Crippen molar-refractivity contribution in [2.45, 2.75) is 53.8 Å². The van der Waals surface area contributed by atoms with E-state index in [0.29, 0.717) is 10.6 Å². The predicted octanol–water partition coefficient (Wildman–Crippen LogP) is 3.15. The summed E-state index contributed by atoms with van der Waals surface area (Å²) in [7, 11) is 0. The molecular weight excluding hydrogens is 306 g/mol. The number of thiophene rings is 1. The van der Waals surface area contributed by atoms with Crippen molar-refractivity contribution in [3.8, 4) is 0 Å². The standard InChI is InChI=1S/C15H21NO5S/c1-7(2)20-14(18)11-9(5)12(15(19)21-8(3)4)22-13(11)16-10(6)17/h7-8H,1-6H3,(H,16,17). The molecular formula is C15H21NO5S. The summed E-state index contributed by atoms with van der Waals surface area (Å²) >= 11 is 1.01. The highest BCUT2D eigenvalue weighted by Gasteiger charge is 2.27. The first-order valence-corrected chi connectivity index (χ1v) is 7.78. The van der Waals surface area contributed by atoms with E-state index in [4.69, 9.17) is 9.47 Å². The van der Waals surface area contributed by atoms with Gasteiger partial charge in [-0.25, -0.2) is 9.59 Å². The van der Waals surface area contributed by atoms with Crippen LogP contribution >= 0.6 is 11.3 Å². The topological polar surface area (TPSA) is 81.7 Å². The fourth-order valence-corrected chi connectivity index (χ4v) is 2.87. The lowest BCUT2D eigenvalue weighted by Crippen LogP contribution is -2.16. The molecule has 0 unspecified atom stereocenters. The van der Waals surface area contributed by atoms with Crippen molar-refractivity contribution in [1.82, 2.24) is 0 Å². The lowest BCUT2D eigenvalue weighted by Gasteiger charge is -2.10. The predicted molar refractivity (Wildman–Crippen MR) is 84.5 cm³/mol. The smallest absolute Gasteiger partial charge is 0.348 e. The summed E-state index contributed by atoms with van der Waals surface area (Å²) in [5.41, 5.74) is 0.648. The molecule has 1 N–H and O–H groups in total. The Hall–Kier alpha value is -1.89. The van der Waals surface area contributed by atoms with E-state index < -0.39 is 11.9 Å². The summed E-state index contributed by atoms with van der Waals surface area (Å²) in [5, 5.41) is 2.87. The van der Waals surface area contributed by atoms with Crippen LogP contribution in [-0.2, 0) is 14.3 Å². The minimum atomic E-state index is -0.573. The molecule has 1 aromatic rings. The number of carbonyl (C=O) groups excluding carboxylic acids is 3. The van der Waals surface area contributed by atoms with E-state index in [0.717, 1.165) is 11.3 Å². The van der Waals surface area contributed by atoms with Crippen molar-refractivity contribution in [2.24, 2.45) is 0 Å². The zero-order valence-electron chi connectivity index (χ0n) is 13.6. The first-order valence-electron chi connectivity index (χ1n) is 6.96. The van der Waals surface area contributed by atoms with Crippen LogP contribution in [0.2, 0.25) is 0 Å². The van der Waals surface area contributed by atoms with Gasteiger partial charge >= 0.3 is 11.9 Å². The van der Waals surface area contributed by atoms with E-state index in [1.165, 1.54) is 6.92 Å². The Kier molecular flexibility index (Phi) is 6.11. The van der Waals surface area contributed by atoms with Crippen molar-refractivity contribution < 1.29 is 23.9 Å². The Balaban J connectivity index is 3.27. The monoisotopic (exact) mass is 327 g/mol. The van der Waals surface area contributed by atoms with Gasteiger partial charge < -0.3 is 14.8 Å². The highest BCUT2D eigenvalue weighted by Crippen LogP contribution is 2.34. The van der Waals surface area contributed by atoms with Crippen LogP contribution in [0.25, 0.3) is 0 Å². The molecule has 1 heterocycles. The molecule has 0 saturated carbocycles. The number of anilines is 1. The molecule has 0 atom stereocenters. The van der Waals surface area contributed by atoms with Gasteiger partial charge in [-0.1, -0.05) is 0 Å². The Morgan fingerprint density at radius 2 is 1.50 bits per heavy atom. The molecule has 7 heteroatoms. The minimum Gasteiger partial charge on any atom is -0.459 e. The van der Waals surface area contributed by atoms with E-state index in [9.17, 15) is 14.4 Å². The fourth-order valence-electron chi connectivity index (χ4n) is 1.74. The maximum absolute atomic E-state index is 12.2. The SMILES string of the molecule is CC(=O)Nc1sc(C(=O)OC(C)C)c(C)c1C(=O)OC(C)C. The highest BCUT2D eigenvalue weighted by molar-refractivity contribution is 7.18. The van der Waals surface area contributed by atoms with Gasteiger partial charge in [-0.15, -0.1) is 11.3 Å². The zero-order valence-corrected chi connectivity index (χ0v) is 14.4. The zero-order chi connectivity index (χ0) is 17.0. The number of esters is 2. The molecule has 1 amide bonds. The molecule has 6 nitrogen and oxygen atoms in total. The van der Waals surface area contributed by atoms with Crippen molar-refractivity contribution in [3.63, 3.8) is 0 Å². The third-order valence-corrected chi connectivity index (χ3v) is 3.70. The third kappa shape index (κ3) is 4.56. The largest absolute Gasteiger partial charge is 0.459 e. The number of hydrogen-bond acceptors (Lipinski definition) is 6. The Labute approximate surface area is 133 Å². The average molecular weight is 327 g/mol. The second-order valence-corrected chi connectivity index (χ2v) is 6.37. The number of ether oxygens (including phenoxy) is 2. The summed E-state index contributed by atoms with van der Waals surface area (Å²) in [5.74, 6) is -1.42. The van der Waals surface area contributed by atoms with Gasteiger partial charge in [-0.3, -0.25) is 4.79 Å². The molecule has 0 bridgehead atoms. The molecule has 0 aliphatic carbocycles. The molecule has 0 radical (unpaired) electrons. The van der Waals surface area contributed by atoms with Gasteiger partial charge in [0.2, 0.25) is 5.91 Å². The third-order valence-electron chi connectivity index (χ3n) is 2.51. The van der Waals surface area contributed by atoms with Crippen molar-refractivity contribution in [1.29, 1.82) is 0 Å². The number of nitrogens with one attached hydrogen (secondary N) is 1. The molecule has 1 rings (SSSR count). The van der Waals surface area contributed by atoms with Crippen LogP contribution in [0.5, 0.6) is 0 Å². The molecule has 0 aromatic carbocycles. The second-order valence-electron chi connectivity index (χ2n) is 5.35. The minimum absolute atomic E-state index is 0.199. The van der Waals surface area contributed by atoms with Crippen LogP contribution in [0.1, 0.15) is 60.2 Å². The molecule has 0 aliphatic rings. The van der Waals surface area contributed by atoms with E-state index in [1.54, 1.807) is 34.6 Å². The second kappa shape index (κ2) is 7.40. The van der Waals surface area contributed by atoms with Gasteiger partial charge in [0.25, 0.3) is 0 Å². The number of hydrogen-bond donors (Lipinski definition) is 1. The highest BCUT2D eigenvalue weighted by atomic mass is 32.1. The van der Waals surface area contributed by atoms with Crippen LogP contribution in [0.15, 0.2) is 0 Å². The Morgan fingerprint density at radius 3 is 1.95 bits per heavy atom. The first kappa shape index (κ1) is 18.2. The summed E-state index contributed by atoms with van der Waals surface area (Å²) in [4.78, 5) is 35.9. The number of carbonyl (C=O) groups is 3. The molecule has 1 aromatic heterocycles. The molecule has 22 heavy (non-hydrogen) atoms. The summed E-state index contributed by atoms with van der Waals surface area (Å²) in [6.45, 7) is 9.90. The van der Waals surface area contributed by atoms with Crippen molar-refractivity contribution >= 4 is 34.2 Å². The van der Waals surface area contributed by atoms with Gasteiger partial charge in [-0.05, 0) is 40.2 Å². The Morgan fingerprint density at radius 1 is 1.00 bits per heavy atom. The van der Waals surface area contributed by atoms with Crippen molar-refractivity contribution in [2.75, 3.05) is 5.32 Å². The Bertz CT molecular complexity index is 589. The average Bonchev–Trinajstić information content (AvgIpc) is 2.63. The normalized spacial score (nSPS) is 10.7. The van der Waals surface area contributed by atoms with Gasteiger partial charge in [-0.2, -0.15) is 0 Å². The molecule has 0 fully saturated rings. The van der Waals surface area contributed by atoms with Crippen LogP contribution in [0.3, 0.4) is 0 Å². The summed E-state index contributed by atoms with van der Waals surface area (Å²) in [6, 6.07) is 0. The number of amides is 1. The van der Waals surface area contributed by atoms with Crippen LogP contribution in [0, 0.1) is 6.92 Å². The van der Waals surface area contributed by atoms with Gasteiger partial charge in [0.05, 0.1) is 17.8 Å². The van der Waals surface area contributed by atoms with Crippen molar-refractivity contribution in [3.05, 3.63) is 16.0 Å². The number of rotatable bonds is 5. The van der Waals surface area contributed by atoms with Gasteiger partial charge in [0.1, 0.15) is 9.88 Å². The molecule has 0 spiro atoms. The van der Waals surface area contributed by atoms with Crippen LogP contribution in [-0.4, -0.2) is 30.1 Å². The lowest BCUT2D eigenvalue weighted by atomic mass is 10.1. The maximum Gasteiger partial charge on any atom is 0.348 e. The summed E-state index contributed by atoms with van der Waals surface area (Å²) < 4.78 is 10.3. The molecule has 0 saturated heterocycles. The molecule has 122 valence electrons. The first-order chi connectivity index (χ1) is 10.1. The quantitative estimate of drug-likeness (QED) is 0.840. The maximum atomic E-state index is 12.2. The van der Waals surface area contributed by atoms with Crippen LogP contribution in [0.4, 0.5) is 5.00 Å². The van der Waals surface area contributed by atoms with Crippen LogP contribution < -0.4 is 5.32 Å². The van der Waals surface area contributed by atoms with E-state index in [1.807, 2.05) is 0 Å². The summed E-state index contributed by atoms with van der Waals surface area (Å²) in [6.07, 6.45) is -0.577.